The average molecular weight is 303 g/mol. The number of rotatable bonds is 2. The second-order valence-corrected chi connectivity index (χ2v) is 7.03. The maximum atomic E-state index is 12.6. The molecule has 1 fully saturated rings. The molecule has 2 aliphatic rings. The van der Waals surface area contributed by atoms with E-state index in [1.165, 1.54) is 0 Å². The molecule has 5 nitrogen and oxygen atoms in total. The van der Waals surface area contributed by atoms with E-state index in [1.807, 2.05) is 18.2 Å². The number of carbonyl (C=O) groups is 2. The highest BCUT2D eigenvalue weighted by Gasteiger charge is 2.50. The monoisotopic (exact) mass is 303 g/mol. The van der Waals surface area contributed by atoms with Crippen LogP contribution in [-0.2, 0) is 15.0 Å². The fourth-order valence-electron chi connectivity index (χ4n) is 3.01. The molecule has 2 unspecified atom stereocenters. The first-order valence-electron chi connectivity index (χ1n) is 7.61. The number of carboxylic acids is 1. The molecule has 1 aromatic rings. The van der Waals surface area contributed by atoms with Crippen molar-refractivity contribution in [3.8, 4) is 5.75 Å². The number of fused-ring (bicyclic) bond motifs is 1. The van der Waals surface area contributed by atoms with Gasteiger partial charge in [0.2, 0.25) is 5.91 Å². The zero-order valence-corrected chi connectivity index (χ0v) is 13.1. The Hall–Kier alpha value is -2.04. The van der Waals surface area contributed by atoms with Crippen molar-refractivity contribution >= 4 is 17.6 Å². The largest absolute Gasteiger partial charge is 0.489 e. The molecular formula is C17H21NO4. The summed E-state index contributed by atoms with van der Waals surface area (Å²) in [5, 5.41) is 9.02. The van der Waals surface area contributed by atoms with Gasteiger partial charge in [0.15, 0.2) is 0 Å². The Morgan fingerprint density at radius 1 is 1.27 bits per heavy atom. The van der Waals surface area contributed by atoms with Gasteiger partial charge in [-0.05, 0) is 17.9 Å². The van der Waals surface area contributed by atoms with E-state index in [0.717, 1.165) is 17.0 Å². The van der Waals surface area contributed by atoms with E-state index in [0.29, 0.717) is 19.6 Å². The second kappa shape index (κ2) is 5.00. The highest BCUT2D eigenvalue weighted by Crippen LogP contribution is 2.45. The van der Waals surface area contributed by atoms with Gasteiger partial charge in [0.25, 0.3) is 0 Å². The predicted octanol–water partition coefficient (Wildman–Crippen LogP) is 2.43. The van der Waals surface area contributed by atoms with E-state index >= 15 is 0 Å². The number of para-hydroxylation sites is 1. The summed E-state index contributed by atoms with van der Waals surface area (Å²) >= 11 is 0. The van der Waals surface area contributed by atoms with E-state index in [1.54, 1.807) is 4.90 Å². The van der Waals surface area contributed by atoms with Crippen LogP contribution in [0.5, 0.6) is 5.75 Å². The summed E-state index contributed by atoms with van der Waals surface area (Å²) in [6, 6.07) is 5.82. The highest BCUT2D eigenvalue weighted by atomic mass is 16.5. The van der Waals surface area contributed by atoms with Crippen LogP contribution in [0.15, 0.2) is 18.2 Å². The Morgan fingerprint density at radius 3 is 2.59 bits per heavy atom. The van der Waals surface area contributed by atoms with E-state index in [4.69, 9.17) is 9.84 Å². The molecule has 2 atom stereocenters. The molecule has 118 valence electrons. The summed E-state index contributed by atoms with van der Waals surface area (Å²) in [5.74, 6) is -1.13. The van der Waals surface area contributed by atoms with Crippen LogP contribution in [0.4, 0.5) is 5.69 Å². The van der Waals surface area contributed by atoms with Crippen LogP contribution in [0, 0.1) is 11.8 Å². The van der Waals surface area contributed by atoms with Gasteiger partial charge in [0, 0.05) is 5.56 Å². The molecule has 1 N–H and O–H groups in total. The Morgan fingerprint density at radius 2 is 2.00 bits per heavy atom. The van der Waals surface area contributed by atoms with Crippen LogP contribution in [0.25, 0.3) is 0 Å². The number of carbonyl (C=O) groups excluding carboxylic acids is 1. The third-order valence-corrected chi connectivity index (χ3v) is 4.35. The number of aliphatic carboxylic acids is 1. The number of amides is 1. The summed E-state index contributed by atoms with van der Waals surface area (Å²) in [5.41, 5.74) is 1.74. The lowest BCUT2D eigenvalue weighted by atomic mass is 9.85. The van der Waals surface area contributed by atoms with Gasteiger partial charge in [-0.3, -0.25) is 9.59 Å². The lowest BCUT2D eigenvalue weighted by molar-refractivity contribution is -0.140. The summed E-state index contributed by atoms with van der Waals surface area (Å²) in [7, 11) is 0. The normalized spacial score (nSPS) is 23.5. The molecular weight excluding hydrogens is 282 g/mol. The lowest BCUT2D eigenvalue weighted by Gasteiger charge is -2.33. The molecule has 5 heteroatoms. The van der Waals surface area contributed by atoms with Gasteiger partial charge in [0.05, 0.1) is 24.1 Å². The fourth-order valence-corrected chi connectivity index (χ4v) is 3.01. The molecule has 1 aliphatic carbocycles. The molecule has 1 saturated carbocycles. The third kappa shape index (κ3) is 2.45. The molecule has 0 spiro atoms. The molecule has 1 heterocycles. The molecule has 0 bridgehead atoms. The SMILES string of the molecule is CC(C)(C)c1cccc2c1OCCN2C(=O)C1CC1C(=O)O. The Kier molecular flexibility index (Phi) is 3.38. The summed E-state index contributed by atoms with van der Waals surface area (Å²) in [6.45, 7) is 7.23. The quantitative estimate of drug-likeness (QED) is 0.911. The first-order valence-corrected chi connectivity index (χ1v) is 7.61. The zero-order chi connectivity index (χ0) is 16.1. The minimum atomic E-state index is -0.879. The van der Waals surface area contributed by atoms with Crippen LogP contribution in [0.1, 0.15) is 32.8 Å². The maximum Gasteiger partial charge on any atom is 0.307 e. The number of ether oxygens (including phenoxy) is 1. The van der Waals surface area contributed by atoms with E-state index in [2.05, 4.69) is 20.8 Å². The highest BCUT2D eigenvalue weighted by molar-refractivity contribution is 6.01. The van der Waals surface area contributed by atoms with E-state index in [9.17, 15) is 9.59 Å². The molecule has 1 aliphatic heterocycles. The van der Waals surface area contributed by atoms with E-state index in [-0.39, 0.29) is 17.2 Å². The van der Waals surface area contributed by atoms with Gasteiger partial charge in [-0.1, -0.05) is 32.9 Å². The molecule has 0 saturated heterocycles. The van der Waals surface area contributed by atoms with Crippen molar-refractivity contribution in [3.63, 3.8) is 0 Å². The molecule has 1 aromatic carbocycles. The minimum absolute atomic E-state index is 0.0828. The number of nitrogens with zero attached hydrogens (tertiary/aromatic N) is 1. The van der Waals surface area contributed by atoms with Crippen LogP contribution in [0.2, 0.25) is 0 Å². The number of anilines is 1. The summed E-state index contributed by atoms with van der Waals surface area (Å²) < 4.78 is 5.83. The van der Waals surface area contributed by atoms with Crippen molar-refractivity contribution in [2.24, 2.45) is 11.8 Å². The van der Waals surface area contributed by atoms with Crippen molar-refractivity contribution in [2.45, 2.75) is 32.6 Å². The second-order valence-electron chi connectivity index (χ2n) is 7.03. The number of carboxylic acid groups (broad SMARTS) is 1. The van der Waals surface area contributed by atoms with Crippen molar-refractivity contribution in [1.29, 1.82) is 0 Å². The Balaban J connectivity index is 1.93. The van der Waals surface area contributed by atoms with Crippen LogP contribution in [-0.4, -0.2) is 30.1 Å². The minimum Gasteiger partial charge on any atom is -0.489 e. The van der Waals surface area contributed by atoms with E-state index < -0.39 is 11.9 Å². The van der Waals surface area contributed by atoms with Gasteiger partial charge in [-0.25, -0.2) is 0 Å². The topological polar surface area (TPSA) is 66.8 Å². The standard InChI is InChI=1S/C17H21NO4/c1-17(2,3)12-5-4-6-13-14(12)22-8-7-18(13)15(19)10-9-11(10)16(20)21/h4-6,10-11H,7-9H2,1-3H3,(H,20,21). The fraction of sp³-hybridized carbons (Fsp3) is 0.529. The van der Waals surface area contributed by atoms with Gasteiger partial charge < -0.3 is 14.7 Å². The van der Waals surface area contributed by atoms with Gasteiger partial charge in [-0.15, -0.1) is 0 Å². The average Bonchev–Trinajstić information content (AvgIpc) is 3.25. The molecule has 22 heavy (non-hydrogen) atoms. The smallest absolute Gasteiger partial charge is 0.307 e. The zero-order valence-electron chi connectivity index (χ0n) is 13.1. The van der Waals surface area contributed by atoms with Crippen molar-refractivity contribution in [1.82, 2.24) is 0 Å². The predicted molar refractivity (Wildman–Crippen MR) is 82.2 cm³/mol. The van der Waals surface area contributed by atoms with Crippen molar-refractivity contribution in [3.05, 3.63) is 23.8 Å². The maximum absolute atomic E-state index is 12.6. The summed E-state index contributed by atoms with van der Waals surface area (Å²) in [6.07, 6.45) is 0.444. The molecule has 0 radical (unpaired) electrons. The Bertz CT molecular complexity index is 632. The van der Waals surface area contributed by atoms with Gasteiger partial charge in [-0.2, -0.15) is 0 Å². The molecule has 3 rings (SSSR count). The Labute approximate surface area is 129 Å². The van der Waals surface area contributed by atoms with Crippen molar-refractivity contribution < 1.29 is 19.4 Å². The summed E-state index contributed by atoms with van der Waals surface area (Å²) in [4.78, 5) is 25.3. The van der Waals surface area contributed by atoms with Gasteiger partial charge in [0.1, 0.15) is 12.4 Å². The lowest BCUT2D eigenvalue weighted by Crippen LogP contribution is -2.40. The van der Waals surface area contributed by atoms with Crippen LogP contribution < -0.4 is 9.64 Å². The molecule has 1 amide bonds. The molecule has 0 aromatic heterocycles. The first kappa shape index (κ1) is 14.9. The van der Waals surface area contributed by atoms with Crippen molar-refractivity contribution in [2.75, 3.05) is 18.1 Å². The number of hydrogen-bond donors (Lipinski definition) is 1. The van der Waals surface area contributed by atoms with Crippen LogP contribution >= 0.6 is 0 Å². The first-order chi connectivity index (χ1) is 10.3. The number of benzene rings is 1. The van der Waals surface area contributed by atoms with Gasteiger partial charge >= 0.3 is 5.97 Å². The number of hydrogen-bond acceptors (Lipinski definition) is 3. The third-order valence-electron chi connectivity index (χ3n) is 4.35. The van der Waals surface area contributed by atoms with Crippen LogP contribution in [0.3, 0.4) is 0 Å².